The maximum absolute atomic E-state index is 5.56. The second-order valence-corrected chi connectivity index (χ2v) is 4.15. The van der Waals surface area contributed by atoms with Crippen molar-refractivity contribution in [2.45, 2.75) is 46.9 Å². The van der Waals surface area contributed by atoms with Gasteiger partial charge in [0.1, 0.15) is 5.82 Å². The van der Waals surface area contributed by atoms with E-state index in [1.165, 1.54) is 5.69 Å². The van der Waals surface area contributed by atoms with Gasteiger partial charge in [0, 0.05) is 19.3 Å². The molecule has 0 unspecified atom stereocenters. The van der Waals surface area contributed by atoms with Crippen LogP contribution in [0.15, 0.2) is 6.20 Å². The molecule has 1 aromatic rings. The summed E-state index contributed by atoms with van der Waals surface area (Å²) in [5.41, 5.74) is 1.23. The Morgan fingerprint density at radius 3 is 2.88 bits per heavy atom. The minimum atomic E-state index is 0.293. The Morgan fingerprint density at radius 2 is 2.25 bits per heavy atom. The van der Waals surface area contributed by atoms with Crippen LogP contribution >= 0.6 is 0 Å². The van der Waals surface area contributed by atoms with Gasteiger partial charge in [-0.25, -0.2) is 4.98 Å². The van der Waals surface area contributed by atoms with Crippen molar-refractivity contribution in [1.82, 2.24) is 14.9 Å². The van der Waals surface area contributed by atoms with Crippen molar-refractivity contribution in [2.75, 3.05) is 13.2 Å². The smallest absolute Gasteiger partial charge is 0.105 e. The van der Waals surface area contributed by atoms with E-state index in [-0.39, 0.29) is 0 Å². The van der Waals surface area contributed by atoms with Gasteiger partial charge in [-0.05, 0) is 27.3 Å². The molecule has 92 valence electrons. The summed E-state index contributed by atoms with van der Waals surface area (Å²) in [6, 6.07) is 0. The van der Waals surface area contributed by atoms with Crippen molar-refractivity contribution in [3.63, 3.8) is 0 Å². The highest BCUT2D eigenvalue weighted by Gasteiger charge is 2.05. The van der Waals surface area contributed by atoms with Crippen LogP contribution in [0.3, 0.4) is 0 Å². The third-order valence-corrected chi connectivity index (χ3v) is 2.46. The minimum Gasteiger partial charge on any atom is -0.377 e. The van der Waals surface area contributed by atoms with Crippen molar-refractivity contribution in [3.05, 3.63) is 17.7 Å². The van der Waals surface area contributed by atoms with Gasteiger partial charge < -0.3 is 14.6 Å². The van der Waals surface area contributed by atoms with Crippen LogP contribution in [0.5, 0.6) is 0 Å². The van der Waals surface area contributed by atoms with Gasteiger partial charge in [0.25, 0.3) is 0 Å². The van der Waals surface area contributed by atoms with Crippen LogP contribution < -0.4 is 5.32 Å². The molecule has 16 heavy (non-hydrogen) atoms. The van der Waals surface area contributed by atoms with E-state index in [0.717, 1.165) is 32.1 Å². The number of nitrogens with zero attached hydrogens (tertiary/aromatic N) is 2. The van der Waals surface area contributed by atoms with E-state index < -0.39 is 0 Å². The van der Waals surface area contributed by atoms with Gasteiger partial charge in [-0.2, -0.15) is 0 Å². The first-order chi connectivity index (χ1) is 7.65. The Balaban J connectivity index is 2.52. The zero-order valence-corrected chi connectivity index (χ0v) is 10.8. The summed E-state index contributed by atoms with van der Waals surface area (Å²) >= 11 is 0. The highest BCUT2D eigenvalue weighted by atomic mass is 16.5. The molecule has 4 heteroatoms. The van der Waals surface area contributed by atoms with E-state index in [2.05, 4.69) is 35.6 Å². The van der Waals surface area contributed by atoms with E-state index in [4.69, 9.17) is 4.74 Å². The van der Waals surface area contributed by atoms with Crippen LogP contribution in [0.25, 0.3) is 0 Å². The third-order valence-electron chi connectivity index (χ3n) is 2.46. The lowest BCUT2D eigenvalue weighted by atomic mass is 10.4. The highest BCUT2D eigenvalue weighted by molar-refractivity contribution is 5.04. The molecule has 0 aliphatic carbocycles. The first-order valence-electron chi connectivity index (χ1n) is 5.98. The molecule has 0 aliphatic heterocycles. The molecule has 1 rings (SSSR count). The normalized spacial score (nSPS) is 11.3. The van der Waals surface area contributed by atoms with Crippen molar-refractivity contribution in [2.24, 2.45) is 0 Å². The van der Waals surface area contributed by atoms with Gasteiger partial charge in [-0.3, -0.25) is 0 Å². The van der Waals surface area contributed by atoms with Crippen molar-refractivity contribution in [3.8, 4) is 0 Å². The molecular weight excluding hydrogens is 202 g/mol. The molecule has 0 aliphatic rings. The number of imidazole rings is 1. The Labute approximate surface area is 98.0 Å². The van der Waals surface area contributed by atoms with Crippen LogP contribution in [-0.2, 0) is 17.8 Å². The highest BCUT2D eigenvalue weighted by Crippen LogP contribution is 2.05. The van der Waals surface area contributed by atoms with E-state index >= 15 is 0 Å². The Morgan fingerprint density at radius 1 is 1.50 bits per heavy atom. The van der Waals surface area contributed by atoms with Crippen LogP contribution in [-0.4, -0.2) is 28.8 Å². The number of rotatable bonds is 7. The molecule has 4 nitrogen and oxygen atoms in total. The molecule has 0 radical (unpaired) electrons. The van der Waals surface area contributed by atoms with E-state index in [9.17, 15) is 0 Å². The zero-order chi connectivity index (χ0) is 12.0. The van der Waals surface area contributed by atoms with Crippen LogP contribution in [0.2, 0.25) is 0 Å². The summed E-state index contributed by atoms with van der Waals surface area (Å²) in [6.45, 7) is 11.7. The molecule has 0 saturated carbocycles. The average Bonchev–Trinajstić information content (AvgIpc) is 2.57. The lowest BCUT2D eigenvalue weighted by molar-refractivity contribution is 0.0720. The molecule has 0 fully saturated rings. The fraction of sp³-hybridized carbons (Fsp3) is 0.750. The molecule has 1 aromatic heterocycles. The first kappa shape index (κ1) is 13.2. The number of ether oxygens (including phenoxy) is 1. The molecule has 1 heterocycles. The number of hydrogen-bond donors (Lipinski definition) is 1. The van der Waals surface area contributed by atoms with Gasteiger partial charge in [-0.15, -0.1) is 0 Å². The molecule has 0 amide bonds. The van der Waals surface area contributed by atoms with E-state index in [1.807, 2.05) is 13.1 Å². The summed E-state index contributed by atoms with van der Waals surface area (Å²) in [5.74, 6) is 1.06. The Hall–Kier alpha value is -0.870. The fourth-order valence-corrected chi connectivity index (χ4v) is 1.59. The Kier molecular flexibility index (Phi) is 5.49. The van der Waals surface area contributed by atoms with Crippen LogP contribution in [0, 0.1) is 6.92 Å². The maximum atomic E-state index is 5.56. The molecule has 0 aromatic carbocycles. The Bertz CT molecular complexity index is 307. The maximum Gasteiger partial charge on any atom is 0.105 e. The summed E-state index contributed by atoms with van der Waals surface area (Å²) < 4.78 is 7.77. The molecule has 0 bridgehead atoms. The zero-order valence-electron chi connectivity index (χ0n) is 10.8. The standard InChI is InChI=1S/C12H23N3O/c1-5-13-8-12-9-14-11(4)15(12)6-7-16-10(2)3/h9-10,13H,5-8H2,1-4H3. The molecule has 1 N–H and O–H groups in total. The topological polar surface area (TPSA) is 39.1 Å². The quantitative estimate of drug-likeness (QED) is 0.768. The summed E-state index contributed by atoms with van der Waals surface area (Å²) in [6.07, 6.45) is 2.23. The average molecular weight is 225 g/mol. The van der Waals surface area contributed by atoms with Gasteiger partial charge in [0.2, 0.25) is 0 Å². The number of aromatic nitrogens is 2. The summed E-state index contributed by atoms with van der Waals surface area (Å²) in [7, 11) is 0. The van der Waals surface area contributed by atoms with Crippen LogP contribution in [0.4, 0.5) is 0 Å². The van der Waals surface area contributed by atoms with Gasteiger partial charge in [-0.1, -0.05) is 6.92 Å². The van der Waals surface area contributed by atoms with Gasteiger partial charge in [0.05, 0.1) is 18.4 Å². The largest absolute Gasteiger partial charge is 0.377 e. The SMILES string of the molecule is CCNCc1cnc(C)n1CCOC(C)C. The number of hydrogen-bond acceptors (Lipinski definition) is 3. The second-order valence-electron chi connectivity index (χ2n) is 4.15. The monoisotopic (exact) mass is 225 g/mol. The fourth-order valence-electron chi connectivity index (χ4n) is 1.59. The minimum absolute atomic E-state index is 0.293. The lowest BCUT2D eigenvalue weighted by Gasteiger charge is -2.12. The van der Waals surface area contributed by atoms with E-state index in [1.54, 1.807) is 0 Å². The predicted molar refractivity (Wildman–Crippen MR) is 65.4 cm³/mol. The van der Waals surface area contributed by atoms with Crippen molar-refractivity contribution in [1.29, 1.82) is 0 Å². The summed E-state index contributed by atoms with van der Waals surface area (Å²) in [4.78, 5) is 4.33. The van der Waals surface area contributed by atoms with Gasteiger partial charge in [0.15, 0.2) is 0 Å². The number of aryl methyl sites for hydroxylation is 1. The van der Waals surface area contributed by atoms with Gasteiger partial charge >= 0.3 is 0 Å². The second kappa shape index (κ2) is 6.66. The third kappa shape index (κ3) is 3.94. The molecule has 0 saturated heterocycles. The van der Waals surface area contributed by atoms with Crippen molar-refractivity contribution < 1.29 is 4.74 Å². The molecular formula is C12H23N3O. The van der Waals surface area contributed by atoms with Crippen molar-refractivity contribution >= 4 is 0 Å². The number of nitrogens with one attached hydrogen (secondary N) is 1. The van der Waals surface area contributed by atoms with E-state index in [0.29, 0.717) is 6.10 Å². The molecule has 0 atom stereocenters. The predicted octanol–water partition coefficient (Wildman–Crippen LogP) is 1.73. The van der Waals surface area contributed by atoms with Crippen LogP contribution in [0.1, 0.15) is 32.3 Å². The molecule has 0 spiro atoms. The summed E-state index contributed by atoms with van der Waals surface area (Å²) in [5, 5.41) is 3.32. The first-order valence-corrected chi connectivity index (χ1v) is 5.98. The lowest BCUT2D eigenvalue weighted by Crippen LogP contribution is -2.18.